The standard InChI is InChI=1S/C15H17N3O/c16-14-9-5-4-6-12(14)10-11-17-15(19)18-13-7-2-1-3-8-13/h1-9H,10-11,16H2,(H2,17,18,19). The molecule has 0 saturated heterocycles. The normalized spacial score (nSPS) is 9.89. The van der Waals surface area contributed by atoms with E-state index in [1.807, 2.05) is 54.6 Å². The maximum absolute atomic E-state index is 11.6. The molecule has 0 aliphatic rings. The van der Waals surface area contributed by atoms with Gasteiger partial charge in [-0.1, -0.05) is 36.4 Å². The van der Waals surface area contributed by atoms with Crippen molar-refractivity contribution in [2.45, 2.75) is 6.42 Å². The number of para-hydroxylation sites is 2. The van der Waals surface area contributed by atoms with Gasteiger partial charge in [-0.2, -0.15) is 0 Å². The highest BCUT2D eigenvalue weighted by Gasteiger charge is 2.02. The van der Waals surface area contributed by atoms with Gasteiger partial charge in [-0.25, -0.2) is 4.79 Å². The highest BCUT2D eigenvalue weighted by Crippen LogP contribution is 2.10. The lowest BCUT2D eigenvalue weighted by molar-refractivity contribution is 0.252. The molecule has 0 aromatic heterocycles. The van der Waals surface area contributed by atoms with Crippen molar-refractivity contribution in [1.82, 2.24) is 5.32 Å². The fourth-order valence-electron chi connectivity index (χ4n) is 1.77. The second-order valence-electron chi connectivity index (χ2n) is 4.20. The molecule has 2 amide bonds. The van der Waals surface area contributed by atoms with Crippen LogP contribution in [0.3, 0.4) is 0 Å². The highest BCUT2D eigenvalue weighted by molar-refractivity contribution is 5.89. The predicted molar refractivity (Wildman–Crippen MR) is 78.0 cm³/mol. The largest absolute Gasteiger partial charge is 0.399 e. The Morgan fingerprint density at radius 1 is 1.00 bits per heavy atom. The molecule has 0 bridgehead atoms. The van der Waals surface area contributed by atoms with E-state index in [4.69, 9.17) is 5.73 Å². The van der Waals surface area contributed by atoms with Crippen LogP contribution in [0.25, 0.3) is 0 Å². The number of hydrogen-bond donors (Lipinski definition) is 3. The van der Waals surface area contributed by atoms with Gasteiger partial charge in [0.1, 0.15) is 0 Å². The van der Waals surface area contributed by atoms with E-state index in [1.54, 1.807) is 0 Å². The van der Waals surface area contributed by atoms with Crippen molar-refractivity contribution in [3.05, 3.63) is 60.2 Å². The molecule has 2 rings (SSSR count). The third-order valence-corrected chi connectivity index (χ3v) is 2.77. The number of amides is 2. The average Bonchev–Trinajstić information content (AvgIpc) is 2.42. The fraction of sp³-hybridized carbons (Fsp3) is 0.133. The van der Waals surface area contributed by atoms with Gasteiger partial charge in [-0.15, -0.1) is 0 Å². The summed E-state index contributed by atoms with van der Waals surface area (Å²) in [4.78, 5) is 11.6. The van der Waals surface area contributed by atoms with Crippen LogP contribution in [-0.4, -0.2) is 12.6 Å². The lowest BCUT2D eigenvalue weighted by atomic mass is 10.1. The summed E-state index contributed by atoms with van der Waals surface area (Å²) in [6, 6.07) is 16.8. The van der Waals surface area contributed by atoms with Crippen LogP contribution in [0.1, 0.15) is 5.56 Å². The van der Waals surface area contributed by atoms with Gasteiger partial charge in [0.05, 0.1) is 0 Å². The molecule has 4 N–H and O–H groups in total. The summed E-state index contributed by atoms with van der Waals surface area (Å²) in [5.74, 6) is 0. The van der Waals surface area contributed by atoms with Crippen molar-refractivity contribution in [3.63, 3.8) is 0 Å². The molecule has 0 fully saturated rings. The Labute approximate surface area is 112 Å². The monoisotopic (exact) mass is 255 g/mol. The predicted octanol–water partition coefficient (Wildman–Crippen LogP) is 2.63. The number of carbonyl (C=O) groups excluding carboxylic acids is 1. The zero-order valence-corrected chi connectivity index (χ0v) is 10.6. The molecule has 0 atom stereocenters. The van der Waals surface area contributed by atoms with Crippen molar-refractivity contribution < 1.29 is 4.79 Å². The van der Waals surface area contributed by atoms with Gasteiger partial charge in [-0.05, 0) is 30.2 Å². The second kappa shape index (κ2) is 6.44. The van der Waals surface area contributed by atoms with E-state index in [0.717, 1.165) is 23.4 Å². The average molecular weight is 255 g/mol. The summed E-state index contributed by atoms with van der Waals surface area (Å²) in [5, 5.41) is 5.56. The lowest BCUT2D eigenvalue weighted by Gasteiger charge is -2.08. The number of nitrogens with one attached hydrogen (secondary N) is 2. The summed E-state index contributed by atoms with van der Waals surface area (Å²) in [5.41, 5.74) is 8.41. The molecule has 4 nitrogen and oxygen atoms in total. The van der Waals surface area contributed by atoms with Crippen LogP contribution in [0.5, 0.6) is 0 Å². The molecule has 0 saturated carbocycles. The van der Waals surface area contributed by atoms with Gasteiger partial charge < -0.3 is 16.4 Å². The molecule has 19 heavy (non-hydrogen) atoms. The third-order valence-electron chi connectivity index (χ3n) is 2.77. The number of hydrogen-bond acceptors (Lipinski definition) is 2. The maximum Gasteiger partial charge on any atom is 0.319 e. The second-order valence-corrected chi connectivity index (χ2v) is 4.20. The van der Waals surface area contributed by atoms with Crippen LogP contribution >= 0.6 is 0 Å². The van der Waals surface area contributed by atoms with E-state index >= 15 is 0 Å². The lowest BCUT2D eigenvalue weighted by Crippen LogP contribution is -2.30. The van der Waals surface area contributed by atoms with Crippen LogP contribution in [0.2, 0.25) is 0 Å². The Balaban J connectivity index is 1.77. The van der Waals surface area contributed by atoms with Crippen LogP contribution in [0.15, 0.2) is 54.6 Å². The van der Waals surface area contributed by atoms with Crippen LogP contribution in [0, 0.1) is 0 Å². The molecule has 0 aliphatic carbocycles. The highest BCUT2D eigenvalue weighted by atomic mass is 16.2. The van der Waals surface area contributed by atoms with Gasteiger partial charge in [0.15, 0.2) is 0 Å². The number of urea groups is 1. The summed E-state index contributed by atoms with van der Waals surface area (Å²) in [6.07, 6.45) is 0.717. The maximum atomic E-state index is 11.6. The summed E-state index contributed by atoms with van der Waals surface area (Å²) in [7, 11) is 0. The number of nitrogens with two attached hydrogens (primary N) is 1. The summed E-state index contributed by atoms with van der Waals surface area (Å²) >= 11 is 0. The smallest absolute Gasteiger partial charge is 0.319 e. The molecule has 0 radical (unpaired) electrons. The Kier molecular flexibility index (Phi) is 4.39. The number of nitrogen functional groups attached to an aromatic ring is 1. The number of benzene rings is 2. The molecule has 2 aromatic carbocycles. The van der Waals surface area contributed by atoms with Crippen LogP contribution in [0.4, 0.5) is 16.2 Å². The fourth-order valence-corrected chi connectivity index (χ4v) is 1.77. The Bertz CT molecular complexity index is 540. The molecule has 2 aromatic rings. The molecule has 0 spiro atoms. The quantitative estimate of drug-likeness (QED) is 0.735. The number of carbonyl (C=O) groups is 1. The Morgan fingerprint density at radius 2 is 1.68 bits per heavy atom. The molecular weight excluding hydrogens is 238 g/mol. The molecule has 0 aliphatic heterocycles. The van der Waals surface area contributed by atoms with E-state index in [0.29, 0.717) is 6.54 Å². The zero-order chi connectivity index (χ0) is 13.5. The minimum absolute atomic E-state index is 0.208. The number of rotatable bonds is 4. The van der Waals surface area contributed by atoms with E-state index in [2.05, 4.69) is 10.6 Å². The van der Waals surface area contributed by atoms with Gasteiger partial charge in [0, 0.05) is 17.9 Å². The Hall–Kier alpha value is -2.49. The first kappa shape index (κ1) is 13.0. The third kappa shape index (κ3) is 4.03. The van der Waals surface area contributed by atoms with Gasteiger partial charge in [-0.3, -0.25) is 0 Å². The van der Waals surface area contributed by atoms with Gasteiger partial charge in [0.25, 0.3) is 0 Å². The summed E-state index contributed by atoms with van der Waals surface area (Å²) < 4.78 is 0. The van der Waals surface area contributed by atoms with Gasteiger partial charge >= 0.3 is 6.03 Å². The van der Waals surface area contributed by atoms with E-state index < -0.39 is 0 Å². The molecule has 98 valence electrons. The minimum Gasteiger partial charge on any atom is -0.399 e. The van der Waals surface area contributed by atoms with Crippen molar-refractivity contribution in [1.29, 1.82) is 0 Å². The van der Waals surface area contributed by atoms with E-state index in [1.165, 1.54) is 0 Å². The topological polar surface area (TPSA) is 67.1 Å². The summed E-state index contributed by atoms with van der Waals surface area (Å²) in [6.45, 7) is 0.548. The first-order chi connectivity index (χ1) is 9.25. The van der Waals surface area contributed by atoms with E-state index in [9.17, 15) is 4.79 Å². The molecule has 0 heterocycles. The van der Waals surface area contributed by atoms with Crippen molar-refractivity contribution in [2.75, 3.05) is 17.6 Å². The van der Waals surface area contributed by atoms with Crippen molar-refractivity contribution in [3.8, 4) is 0 Å². The van der Waals surface area contributed by atoms with Crippen molar-refractivity contribution in [2.24, 2.45) is 0 Å². The SMILES string of the molecule is Nc1ccccc1CCNC(=O)Nc1ccccc1. The molecule has 4 heteroatoms. The first-order valence-electron chi connectivity index (χ1n) is 6.19. The Morgan fingerprint density at radius 3 is 2.42 bits per heavy atom. The van der Waals surface area contributed by atoms with Crippen LogP contribution in [-0.2, 0) is 6.42 Å². The molecular formula is C15H17N3O. The van der Waals surface area contributed by atoms with E-state index in [-0.39, 0.29) is 6.03 Å². The zero-order valence-electron chi connectivity index (χ0n) is 10.6. The van der Waals surface area contributed by atoms with Gasteiger partial charge in [0.2, 0.25) is 0 Å². The number of anilines is 2. The minimum atomic E-state index is -0.208. The van der Waals surface area contributed by atoms with Crippen molar-refractivity contribution >= 4 is 17.4 Å². The first-order valence-corrected chi connectivity index (χ1v) is 6.19. The molecule has 0 unspecified atom stereocenters. The van der Waals surface area contributed by atoms with Crippen LogP contribution < -0.4 is 16.4 Å².